The number of ether oxygens (including phenoxy) is 2. The summed E-state index contributed by atoms with van der Waals surface area (Å²) in [4.78, 5) is 38.2. The number of fused-ring (bicyclic) bond motifs is 1. The second-order valence-corrected chi connectivity index (χ2v) is 7.34. The molecule has 0 atom stereocenters. The van der Waals surface area contributed by atoms with Gasteiger partial charge in [-0.2, -0.15) is 0 Å². The minimum atomic E-state index is -0.624. The van der Waals surface area contributed by atoms with Crippen LogP contribution in [0.5, 0.6) is 5.75 Å². The summed E-state index contributed by atoms with van der Waals surface area (Å²) < 4.78 is 10.5. The Morgan fingerprint density at radius 3 is 2.52 bits per heavy atom. The lowest BCUT2D eigenvalue weighted by atomic mass is 10.1. The Morgan fingerprint density at radius 2 is 1.74 bits per heavy atom. The van der Waals surface area contributed by atoms with Gasteiger partial charge in [0.2, 0.25) is 0 Å². The summed E-state index contributed by atoms with van der Waals surface area (Å²) >= 11 is 0. The van der Waals surface area contributed by atoms with Gasteiger partial charge < -0.3 is 19.7 Å². The normalized spacial score (nSPS) is 12.1. The maximum atomic E-state index is 12.4. The van der Waals surface area contributed by atoms with E-state index in [9.17, 15) is 14.4 Å². The van der Waals surface area contributed by atoms with Gasteiger partial charge in [0.25, 0.3) is 11.8 Å². The number of nitrogens with zero attached hydrogens (tertiary/aromatic N) is 1. The molecule has 7 nitrogen and oxygen atoms in total. The molecule has 31 heavy (non-hydrogen) atoms. The molecule has 1 aliphatic rings. The number of carbonyl (C=O) groups is 3. The minimum absolute atomic E-state index is 0.101. The van der Waals surface area contributed by atoms with Crippen LogP contribution in [0.1, 0.15) is 41.8 Å². The van der Waals surface area contributed by atoms with Crippen LogP contribution in [0.15, 0.2) is 42.5 Å². The van der Waals surface area contributed by atoms with E-state index in [4.69, 9.17) is 9.47 Å². The highest BCUT2D eigenvalue weighted by molar-refractivity contribution is 5.97. The predicted octanol–water partition coefficient (Wildman–Crippen LogP) is 3.22. The number of aryl methyl sites for hydroxylation is 2. The fourth-order valence-electron chi connectivity index (χ4n) is 3.59. The Kier molecular flexibility index (Phi) is 7.65. The van der Waals surface area contributed by atoms with Crippen LogP contribution in [-0.4, -0.2) is 49.0 Å². The fourth-order valence-corrected chi connectivity index (χ4v) is 3.59. The quantitative estimate of drug-likeness (QED) is 0.625. The maximum Gasteiger partial charge on any atom is 0.344 e. The van der Waals surface area contributed by atoms with Crippen molar-refractivity contribution in [3.05, 3.63) is 59.2 Å². The van der Waals surface area contributed by atoms with E-state index in [1.54, 1.807) is 29.2 Å². The first-order valence-corrected chi connectivity index (χ1v) is 10.6. The number of esters is 1. The number of hydrogen-bond donors (Lipinski definition) is 1. The van der Waals surface area contributed by atoms with Crippen LogP contribution in [0.3, 0.4) is 0 Å². The Morgan fingerprint density at radius 1 is 0.968 bits per heavy atom. The SMILES string of the molecule is CCN(CC)C(=O)c1cccc(NC(=O)COC(=O)COc2ccc3c(c2)CCC3)c1. The average molecular weight is 424 g/mol. The van der Waals surface area contributed by atoms with E-state index in [0.29, 0.717) is 30.1 Å². The summed E-state index contributed by atoms with van der Waals surface area (Å²) in [6.45, 7) is 4.34. The zero-order chi connectivity index (χ0) is 22.2. The Hall–Kier alpha value is -3.35. The highest BCUT2D eigenvalue weighted by Crippen LogP contribution is 2.26. The molecule has 2 aromatic rings. The first-order chi connectivity index (χ1) is 15.0. The molecule has 1 aliphatic carbocycles. The molecule has 2 amide bonds. The van der Waals surface area contributed by atoms with E-state index in [1.165, 1.54) is 11.1 Å². The van der Waals surface area contributed by atoms with E-state index in [-0.39, 0.29) is 12.5 Å². The smallest absolute Gasteiger partial charge is 0.344 e. The first kappa shape index (κ1) is 22.3. The molecular formula is C24H28N2O5. The van der Waals surface area contributed by atoms with Gasteiger partial charge in [-0.3, -0.25) is 9.59 Å². The second-order valence-electron chi connectivity index (χ2n) is 7.34. The molecule has 164 valence electrons. The van der Waals surface area contributed by atoms with Gasteiger partial charge in [-0.15, -0.1) is 0 Å². The Balaban J connectivity index is 1.45. The number of nitrogens with one attached hydrogen (secondary N) is 1. The van der Waals surface area contributed by atoms with Gasteiger partial charge in [-0.05, 0) is 74.6 Å². The van der Waals surface area contributed by atoms with Crippen LogP contribution in [0.4, 0.5) is 5.69 Å². The molecule has 0 aromatic heterocycles. The number of anilines is 1. The lowest BCUT2D eigenvalue weighted by Gasteiger charge is -2.19. The van der Waals surface area contributed by atoms with Crippen molar-refractivity contribution in [1.82, 2.24) is 4.90 Å². The molecule has 0 heterocycles. The maximum absolute atomic E-state index is 12.4. The molecular weight excluding hydrogens is 396 g/mol. The van der Waals surface area contributed by atoms with Gasteiger partial charge in [-0.1, -0.05) is 12.1 Å². The molecule has 0 radical (unpaired) electrons. The summed E-state index contributed by atoms with van der Waals surface area (Å²) in [5, 5.41) is 2.64. The zero-order valence-corrected chi connectivity index (χ0v) is 18.0. The summed E-state index contributed by atoms with van der Waals surface area (Å²) in [5.41, 5.74) is 3.54. The van der Waals surface area contributed by atoms with Gasteiger partial charge in [-0.25, -0.2) is 4.79 Å². The third kappa shape index (κ3) is 6.07. The third-order valence-corrected chi connectivity index (χ3v) is 5.23. The van der Waals surface area contributed by atoms with Gasteiger partial charge in [0.1, 0.15) is 5.75 Å². The van der Waals surface area contributed by atoms with E-state index < -0.39 is 18.5 Å². The molecule has 0 spiro atoms. The summed E-state index contributed by atoms with van der Waals surface area (Å²) in [7, 11) is 0. The van der Waals surface area contributed by atoms with E-state index in [1.807, 2.05) is 32.0 Å². The number of hydrogen-bond acceptors (Lipinski definition) is 5. The van der Waals surface area contributed by atoms with Crippen molar-refractivity contribution < 1.29 is 23.9 Å². The Bertz CT molecular complexity index is 953. The lowest BCUT2D eigenvalue weighted by Crippen LogP contribution is -2.30. The summed E-state index contributed by atoms with van der Waals surface area (Å²) in [5.74, 6) is -0.590. The molecule has 0 saturated carbocycles. The summed E-state index contributed by atoms with van der Waals surface area (Å²) in [6.07, 6.45) is 3.25. The molecule has 7 heteroatoms. The monoisotopic (exact) mass is 424 g/mol. The number of rotatable bonds is 9. The fraction of sp³-hybridized carbons (Fsp3) is 0.375. The molecule has 0 bridgehead atoms. The standard InChI is InChI=1S/C24H28N2O5/c1-3-26(4-2)24(29)19-9-6-10-20(13-19)25-22(27)15-31-23(28)16-30-21-12-11-17-7-5-8-18(17)14-21/h6,9-14H,3-5,7-8,15-16H2,1-2H3,(H,25,27). The van der Waals surface area contributed by atoms with Gasteiger partial charge in [0, 0.05) is 24.3 Å². The molecule has 3 rings (SSSR count). The highest BCUT2D eigenvalue weighted by Gasteiger charge is 2.15. The number of amides is 2. The molecule has 2 aromatic carbocycles. The van der Waals surface area contributed by atoms with Gasteiger partial charge >= 0.3 is 5.97 Å². The van der Waals surface area contributed by atoms with Crippen molar-refractivity contribution in [3.8, 4) is 5.75 Å². The second kappa shape index (κ2) is 10.6. The van der Waals surface area contributed by atoms with Crippen LogP contribution in [-0.2, 0) is 27.2 Å². The van der Waals surface area contributed by atoms with E-state index in [2.05, 4.69) is 5.32 Å². The first-order valence-electron chi connectivity index (χ1n) is 10.6. The van der Waals surface area contributed by atoms with Crippen LogP contribution in [0, 0.1) is 0 Å². The zero-order valence-electron chi connectivity index (χ0n) is 18.0. The van der Waals surface area contributed by atoms with Crippen LogP contribution < -0.4 is 10.1 Å². The van der Waals surface area contributed by atoms with Crippen LogP contribution in [0.2, 0.25) is 0 Å². The molecule has 0 aliphatic heterocycles. The van der Waals surface area contributed by atoms with Crippen molar-refractivity contribution in [1.29, 1.82) is 0 Å². The number of benzene rings is 2. The molecule has 0 saturated heterocycles. The minimum Gasteiger partial charge on any atom is -0.482 e. The van der Waals surface area contributed by atoms with Crippen LogP contribution in [0.25, 0.3) is 0 Å². The third-order valence-electron chi connectivity index (χ3n) is 5.23. The largest absolute Gasteiger partial charge is 0.482 e. The van der Waals surface area contributed by atoms with Crippen molar-refractivity contribution in [2.24, 2.45) is 0 Å². The summed E-state index contributed by atoms with van der Waals surface area (Å²) in [6, 6.07) is 12.5. The van der Waals surface area contributed by atoms with E-state index >= 15 is 0 Å². The topological polar surface area (TPSA) is 84.9 Å². The van der Waals surface area contributed by atoms with Gasteiger partial charge in [0.15, 0.2) is 13.2 Å². The lowest BCUT2D eigenvalue weighted by molar-refractivity contribution is -0.149. The van der Waals surface area contributed by atoms with Crippen molar-refractivity contribution >= 4 is 23.5 Å². The van der Waals surface area contributed by atoms with Crippen molar-refractivity contribution in [3.63, 3.8) is 0 Å². The van der Waals surface area contributed by atoms with Crippen molar-refractivity contribution in [2.45, 2.75) is 33.1 Å². The molecule has 0 fully saturated rings. The average Bonchev–Trinajstić information content (AvgIpc) is 3.25. The Labute approximate surface area is 182 Å². The van der Waals surface area contributed by atoms with Crippen molar-refractivity contribution in [2.75, 3.05) is 31.6 Å². The highest BCUT2D eigenvalue weighted by atomic mass is 16.6. The predicted molar refractivity (Wildman–Crippen MR) is 117 cm³/mol. The van der Waals surface area contributed by atoms with E-state index in [0.717, 1.165) is 19.3 Å². The number of carbonyl (C=O) groups excluding carboxylic acids is 3. The van der Waals surface area contributed by atoms with Gasteiger partial charge in [0.05, 0.1) is 0 Å². The molecule has 0 unspecified atom stereocenters. The van der Waals surface area contributed by atoms with Crippen LogP contribution >= 0.6 is 0 Å². The molecule has 1 N–H and O–H groups in total.